The quantitative estimate of drug-likeness (QED) is 0.344. The molecule has 1 aromatic heterocycles. The maximum atomic E-state index is 10.3. The maximum absolute atomic E-state index is 10.3. The summed E-state index contributed by atoms with van der Waals surface area (Å²) in [5.41, 5.74) is 5.13. The van der Waals surface area contributed by atoms with Crippen molar-refractivity contribution in [2.24, 2.45) is 0 Å². The second kappa shape index (κ2) is 9.15. The molecular weight excluding hydrogens is 368 g/mol. The van der Waals surface area contributed by atoms with E-state index in [1.807, 2.05) is 91.9 Å². The number of phenols is 1. The third-order valence-corrected chi connectivity index (χ3v) is 5.05. The van der Waals surface area contributed by atoms with Crippen molar-refractivity contribution in [3.63, 3.8) is 0 Å². The Labute approximate surface area is 177 Å². The van der Waals surface area contributed by atoms with Crippen LogP contribution in [-0.4, -0.2) is 5.11 Å². The minimum Gasteiger partial charge on any atom is -0.507 e. The van der Waals surface area contributed by atoms with Crippen LogP contribution in [-0.2, 0) is 6.42 Å². The molecule has 0 saturated carbocycles. The highest BCUT2D eigenvalue weighted by Gasteiger charge is 2.10. The van der Waals surface area contributed by atoms with Crippen molar-refractivity contribution in [1.82, 2.24) is 0 Å². The molecule has 0 aliphatic heterocycles. The monoisotopic (exact) mass is 392 g/mol. The highest BCUT2D eigenvalue weighted by atomic mass is 16.3. The molecule has 2 heteroatoms. The Hall–Kier alpha value is -3.78. The van der Waals surface area contributed by atoms with E-state index in [0.717, 1.165) is 45.8 Å². The Bertz CT molecular complexity index is 1180. The van der Waals surface area contributed by atoms with Crippen molar-refractivity contribution >= 4 is 5.57 Å². The fraction of sp³-hybridized carbons (Fsp3) is 0.0714. The van der Waals surface area contributed by atoms with Crippen LogP contribution in [0.5, 0.6) is 5.75 Å². The third kappa shape index (κ3) is 4.28. The lowest BCUT2D eigenvalue weighted by atomic mass is 9.96. The fourth-order valence-corrected chi connectivity index (χ4v) is 3.56. The smallest absolute Gasteiger partial charge is 0.134 e. The molecule has 0 atom stereocenters. The van der Waals surface area contributed by atoms with Crippen LogP contribution in [0.1, 0.15) is 18.2 Å². The SMILES string of the molecule is C/C=C\C(=C/Cc1ccccc1-c1ccccc1O)c1ccc(-c2ccccc2)o1. The summed E-state index contributed by atoms with van der Waals surface area (Å²) in [6.07, 6.45) is 6.99. The van der Waals surface area contributed by atoms with E-state index in [1.165, 1.54) is 0 Å². The molecule has 1 heterocycles. The zero-order valence-corrected chi connectivity index (χ0v) is 17.0. The van der Waals surface area contributed by atoms with Gasteiger partial charge in [-0.05, 0) is 42.7 Å². The molecule has 0 unspecified atom stereocenters. The molecule has 1 N–H and O–H groups in total. The van der Waals surface area contributed by atoms with Crippen molar-refractivity contribution in [3.05, 3.63) is 121 Å². The van der Waals surface area contributed by atoms with E-state index < -0.39 is 0 Å². The van der Waals surface area contributed by atoms with Gasteiger partial charge in [0.2, 0.25) is 0 Å². The summed E-state index contributed by atoms with van der Waals surface area (Å²) in [7, 11) is 0. The van der Waals surface area contributed by atoms with Crippen LogP contribution in [0.15, 0.2) is 114 Å². The van der Waals surface area contributed by atoms with Crippen LogP contribution in [0.4, 0.5) is 0 Å². The van der Waals surface area contributed by atoms with E-state index in [-0.39, 0.29) is 0 Å². The molecule has 0 radical (unpaired) electrons. The van der Waals surface area contributed by atoms with Crippen molar-refractivity contribution in [1.29, 1.82) is 0 Å². The number of rotatable bonds is 6. The van der Waals surface area contributed by atoms with Crippen LogP contribution in [0.2, 0.25) is 0 Å². The average Bonchev–Trinajstić information content (AvgIpc) is 3.28. The van der Waals surface area contributed by atoms with Gasteiger partial charge in [0.05, 0.1) is 0 Å². The van der Waals surface area contributed by atoms with Gasteiger partial charge in [0.1, 0.15) is 17.3 Å². The van der Waals surface area contributed by atoms with Crippen molar-refractivity contribution in [2.45, 2.75) is 13.3 Å². The number of phenolic OH excluding ortho intramolecular Hbond substituents is 1. The number of aromatic hydroxyl groups is 1. The van der Waals surface area contributed by atoms with Gasteiger partial charge in [0.15, 0.2) is 0 Å². The van der Waals surface area contributed by atoms with Gasteiger partial charge < -0.3 is 9.52 Å². The molecule has 2 nitrogen and oxygen atoms in total. The molecule has 148 valence electrons. The molecular formula is C28H24O2. The minimum absolute atomic E-state index is 0.293. The molecule has 3 aromatic carbocycles. The first-order chi connectivity index (χ1) is 14.8. The van der Waals surface area contributed by atoms with Crippen molar-refractivity contribution in [2.75, 3.05) is 0 Å². The highest BCUT2D eigenvalue weighted by Crippen LogP contribution is 2.32. The normalized spacial score (nSPS) is 11.8. The molecule has 0 aliphatic carbocycles. The Morgan fingerprint density at radius 3 is 2.27 bits per heavy atom. The topological polar surface area (TPSA) is 33.4 Å². The molecule has 4 rings (SSSR count). The second-order valence-electron chi connectivity index (χ2n) is 7.07. The maximum Gasteiger partial charge on any atom is 0.134 e. The Kier molecular flexibility index (Phi) is 5.95. The number of hydrogen-bond acceptors (Lipinski definition) is 2. The summed E-state index contributed by atoms with van der Waals surface area (Å²) in [6.45, 7) is 2.00. The Morgan fingerprint density at radius 1 is 0.800 bits per heavy atom. The number of hydrogen-bond donors (Lipinski definition) is 1. The minimum atomic E-state index is 0.293. The largest absolute Gasteiger partial charge is 0.507 e. The predicted molar refractivity (Wildman–Crippen MR) is 124 cm³/mol. The molecule has 0 aliphatic rings. The lowest BCUT2D eigenvalue weighted by molar-refractivity contribution is 0.477. The highest BCUT2D eigenvalue weighted by molar-refractivity contribution is 5.76. The lowest BCUT2D eigenvalue weighted by Gasteiger charge is -2.10. The summed E-state index contributed by atoms with van der Waals surface area (Å²) >= 11 is 0. The van der Waals surface area contributed by atoms with Gasteiger partial charge in [-0.3, -0.25) is 0 Å². The lowest BCUT2D eigenvalue weighted by Crippen LogP contribution is -1.89. The van der Waals surface area contributed by atoms with E-state index in [4.69, 9.17) is 4.42 Å². The van der Waals surface area contributed by atoms with Gasteiger partial charge in [0, 0.05) is 16.7 Å². The van der Waals surface area contributed by atoms with E-state index in [9.17, 15) is 5.11 Å². The third-order valence-electron chi connectivity index (χ3n) is 5.05. The van der Waals surface area contributed by atoms with Crippen molar-refractivity contribution < 1.29 is 9.52 Å². The van der Waals surface area contributed by atoms with E-state index in [2.05, 4.69) is 18.2 Å². The van der Waals surface area contributed by atoms with Gasteiger partial charge in [-0.1, -0.05) is 91.0 Å². The fourth-order valence-electron chi connectivity index (χ4n) is 3.56. The number of benzene rings is 3. The number of furan rings is 1. The predicted octanol–water partition coefficient (Wildman–Crippen LogP) is 7.52. The first-order valence-electron chi connectivity index (χ1n) is 10.1. The standard InChI is InChI=1S/C28H24O2/c1-2-10-22(27-19-20-28(30-27)23-12-4-3-5-13-23)18-17-21-11-6-7-14-24(21)25-15-8-9-16-26(25)29/h2-16,18-20,29H,17H2,1H3/b10-2-,22-18+. The van der Waals surface area contributed by atoms with Crippen molar-refractivity contribution in [3.8, 4) is 28.2 Å². The first-order valence-corrected chi connectivity index (χ1v) is 10.1. The van der Waals surface area contributed by atoms with Gasteiger partial charge in [0.25, 0.3) is 0 Å². The molecule has 0 bridgehead atoms. The summed E-state index contributed by atoms with van der Waals surface area (Å²) in [4.78, 5) is 0. The number of para-hydroxylation sites is 1. The Morgan fingerprint density at radius 2 is 1.50 bits per heavy atom. The van der Waals surface area contributed by atoms with E-state index in [1.54, 1.807) is 6.07 Å². The summed E-state index contributed by atoms with van der Waals surface area (Å²) in [6, 6.07) is 29.8. The zero-order valence-electron chi connectivity index (χ0n) is 17.0. The molecule has 0 spiro atoms. The summed E-state index contributed by atoms with van der Waals surface area (Å²) in [5.74, 6) is 1.99. The van der Waals surface area contributed by atoms with Gasteiger partial charge in [-0.25, -0.2) is 0 Å². The Balaban J connectivity index is 1.66. The van der Waals surface area contributed by atoms with E-state index in [0.29, 0.717) is 5.75 Å². The second-order valence-corrected chi connectivity index (χ2v) is 7.07. The summed E-state index contributed by atoms with van der Waals surface area (Å²) < 4.78 is 6.15. The van der Waals surface area contributed by atoms with E-state index >= 15 is 0 Å². The molecule has 4 aromatic rings. The molecule has 0 saturated heterocycles. The number of allylic oxidation sites excluding steroid dienone is 4. The van der Waals surface area contributed by atoms with Crippen LogP contribution in [0.3, 0.4) is 0 Å². The van der Waals surface area contributed by atoms with Crippen LogP contribution < -0.4 is 0 Å². The van der Waals surface area contributed by atoms with Crippen LogP contribution in [0.25, 0.3) is 28.0 Å². The van der Waals surface area contributed by atoms with Gasteiger partial charge in [-0.15, -0.1) is 0 Å². The van der Waals surface area contributed by atoms with Crippen LogP contribution >= 0.6 is 0 Å². The molecule has 30 heavy (non-hydrogen) atoms. The molecule has 0 amide bonds. The summed E-state index contributed by atoms with van der Waals surface area (Å²) in [5, 5.41) is 10.3. The van der Waals surface area contributed by atoms with Gasteiger partial charge in [-0.2, -0.15) is 0 Å². The zero-order chi connectivity index (χ0) is 20.8. The average molecular weight is 392 g/mol. The first kappa shape index (κ1) is 19.5. The molecule has 0 fully saturated rings. The van der Waals surface area contributed by atoms with Gasteiger partial charge >= 0.3 is 0 Å². The van der Waals surface area contributed by atoms with Crippen LogP contribution in [0, 0.1) is 0 Å².